The molecule has 0 aromatic carbocycles. The van der Waals surface area contributed by atoms with Crippen molar-refractivity contribution in [3.63, 3.8) is 0 Å². The summed E-state index contributed by atoms with van der Waals surface area (Å²) in [5.41, 5.74) is 5.66. The number of likely N-dealkylation sites (tertiary alicyclic amines) is 1. The van der Waals surface area contributed by atoms with E-state index in [1.165, 1.54) is 6.42 Å². The van der Waals surface area contributed by atoms with Crippen molar-refractivity contribution >= 4 is 5.91 Å². The smallest absolute Gasteiger partial charge is 0.251 e. The molecule has 17 heavy (non-hydrogen) atoms. The molecular weight excluding hydrogens is 216 g/mol. The van der Waals surface area contributed by atoms with Gasteiger partial charge in [-0.3, -0.25) is 4.79 Å². The number of hydrogen-bond donors (Lipinski definition) is 1. The van der Waals surface area contributed by atoms with Gasteiger partial charge < -0.3 is 15.4 Å². The number of ether oxygens (including phenoxy) is 1. The summed E-state index contributed by atoms with van der Waals surface area (Å²) < 4.78 is 6.13. The second kappa shape index (κ2) is 4.94. The van der Waals surface area contributed by atoms with Crippen LogP contribution in [0.1, 0.15) is 39.0 Å². The summed E-state index contributed by atoms with van der Waals surface area (Å²) >= 11 is 0. The average Bonchev–Trinajstić information content (AvgIpc) is 2.61. The molecule has 1 saturated carbocycles. The van der Waals surface area contributed by atoms with E-state index in [9.17, 15) is 4.79 Å². The van der Waals surface area contributed by atoms with Crippen molar-refractivity contribution in [3.8, 4) is 0 Å². The number of likely N-dealkylation sites (N-methyl/N-ethyl adjacent to an activating group) is 1. The Morgan fingerprint density at radius 2 is 2.29 bits per heavy atom. The topological polar surface area (TPSA) is 55.6 Å². The lowest BCUT2D eigenvalue weighted by Crippen LogP contribution is -2.48. The average molecular weight is 240 g/mol. The molecule has 1 amide bonds. The van der Waals surface area contributed by atoms with Crippen LogP contribution in [-0.2, 0) is 9.53 Å². The van der Waals surface area contributed by atoms with Gasteiger partial charge in [0, 0.05) is 26.6 Å². The van der Waals surface area contributed by atoms with E-state index in [0.717, 1.165) is 32.2 Å². The molecule has 4 heteroatoms. The monoisotopic (exact) mass is 240 g/mol. The van der Waals surface area contributed by atoms with Gasteiger partial charge in [0.05, 0.1) is 5.60 Å². The van der Waals surface area contributed by atoms with Crippen molar-refractivity contribution in [2.24, 2.45) is 11.7 Å². The Kier molecular flexibility index (Phi) is 3.73. The summed E-state index contributed by atoms with van der Waals surface area (Å²) in [5, 5.41) is 0. The van der Waals surface area contributed by atoms with E-state index in [4.69, 9.17) is 10.5 Å². The molecule has 4 nitrogen and oxygen atoms in total. The predicted octanol–water partition coefficient (Wildman–Crippen LogP) is 1.14. The Morgan fingerprint density at radius 3 is 2.82 bits per heavy atom. The number of nitrogens with zero attached hydrogens (tertiary/aromatic N) is 1. The van der Waals surface area contributed by atoms with Crippen molar-refractivity contribution < 1.29 is 9.53 Å². The minimum absolute atomic E-state index is 0.121. The summed E-state index contributed by atoms with van der Waals surface area (Å²) in [6.45, 7) is 3.58. The molecule has 0 radical (unpaired) electrons. The van der Waals surface area contributed by atoms with Crippen molar-refractivity contribution in [3.05, 3.63) is 0 Å². The largest absolute Gasteiger partial charge is 0.361 e. The fourth-order valence-corrected chi connectivity index (χ4v) is 3.15. The number of rotatable bonds is 3. The Morgan fingerprint density at radius 1 is 1.53 bits per heavy atom. The molecule has 1 saturated heterocycles. The summed E-state index contributed by atoms with van der Waals surface area (Å²) in [5.74, 6) is 0.776. The first-order chi connectivity index (χ1) is 8.06. The molecule has 3 atom stereocenters. The first-order valence-electron chi connectivity index (χ1n) is 6.69. The molecule has 2 N–H and O–H groups in total. The van der Waals surface area contributed by atoms with Crippen molar-refractivity contribution in [2.75, 3.05) is 20.1 Å². The minimum Gasteiger partial charge on any atom is -0.361 e. The number of carbonyl (C=O) groups excluding carboxylic acids is 1. The van der Waals surface area contributed by atoms with Gasteiger partial charge in [-0.25, -0.2) is 0 Å². The zero-order valence-corrected chi connectivity index (χ0v) is 10.9. The van der Waals surface area contributed by atoms with E-state index in [1.54, 1.807) is 4.90 Å². The molecule has 1 aliphatic heterocycles. The summed E-state index contributed by atoms with van der Waals surface area (Å²) in [6.07, 6.45) is 4.97. The third kappa shape index (κ3) is 2.63. The van der Waals surface area contributed by atoms with Crippen LogP contribution in [0, 0.1) is 5.92 Å². The third-order valence-electron chi connectivity index (χ3n) is 4.19. The van der Waals surface area contributed by atoms with Crippen LogP contribution >= 0.6 is 0 Å². The van der Waals surface area contributed by atoms with Crippen LogP contribution in [0.15, 0.2) is 0 Å². The molecule has 98 valence electrons. The van der Waals surface area contributed by atoms with Crippen molar-refractivity contribution in [1.29, 1.82) is 0 Å². The normalized spacial score (nSPS) is 38.8. The highest BCUT2D eigenvalue weighted by atomic mass is 16.5. The molecule has 3 unspecified atom stereocenters. The molecule has 2 fully saturated rings. The highest BCUT2D eigenvalue weighted by molar-refractivity contribution is 5.82. The Hall–Kier alpha value is -0.610. The molecule has 1 aliphatic carbocycles. The molecule has 0 aromatic rings. The van der Waals surface area contributed by atoms with Crippen LogP contribution in [0.4, 0.5) is 0 Å². The third-order valence-corrected chi connectivity index (χ3v) is 4.19. The Bertz CT molecular complexity index is 295. The Balaban J connectivity index is 2.01. The van der Waals surface area contributed by atoms with Crippen molar-refractivity contribution in [2.45, 2.75) is 50.7 Å². The zero-order chi connectivity index (χ0) is 12.5. The molecule has 0 spiro atoms. The van der Waals surface area contributed by atoms with E-state index >= 15 is 0 Å². The second-order valence-electron chi connectivity index (χ2n) is 5.74. The zero-order valence-electron chi connectivity index (χ0n) is 10.9. The molecule has 2 rings (SSSR count). The van der Waals surface area contributed by atoms with E-state index in [1.807, 2.05) is 7.05 Å². The van der Waals surface area contributed by atoms with Crippen molar-refractivity contribution in [1.82, 2.24) is 4.90 Å². The molecule has 2 aliphatic rings. The van der Waals surface area contributed by atoms with Gasteiger partial charge in [-0.2, -0.15) is 0 Å². The van der Waals surface area contributed by atoms with Crippen LogP contribution in [-0.4, -0.2) is 42.6 Å². The van der Waals surface area contributed by atoms with E-state index in [2.05, 4.69) is 6.92 Å². The number of nitrogens with two attached hydrogens (primary N) is 1. The van der Waals surface area contributed by atoms with Crippen LogP contribution in [0.2, 0.25) is 0 Å². The number of carbonyl (C=O) groups is 1. The maximum absolute atomic E-state index is 11.9. The predicted molar refractivity (Wildman–Crippen MR) is 66.5 cm³/mol. The van der Waals surface area contributed by atoms with Gasteiger partial charge in [-0.05, 0) is 18.8 Å². The molecule has 0 aromatic heterocycles. The molecule has 1 heterocycles. The highest BCUT2D eigenvalue weighted by Crippen LogP contribution is 2.36. The van der Waals surface area contributed by atoms with Gasteiger partial charge in [-0.15, -0.1) is 0 Å². The van der Waals surface area contributed by atoms with E-state index in [-0.39, 0.29) is 17.6 Å². The fourth-order valence-electron chi connectivity index (χ4n) is 3.15. The van der Waals surface area contributed by atoms with Gasteiger partial charge in [-0.1, -0.05) is 19.8 Å². The highest BCUT2D eigenvalue weighted by Gasteiger charge is 2.41. The second-order valence-corrected chi connectivity index (χ2v) is 5.74. The maximum Gasteiger partial charge on any atom is 0.251 e. The summed E-state index contributed by atoms with van der Waals surface area (Å²) in [6, 6.07) is 0. The first kappa shape index (κ1) is 12.8. The Labute approximate surface area is 103 Å². The van der Waals surface area contributed by atoms with Gasteiger partial charge >= 0.3 is 0 Å². The van der Waals surface area contributed by atoms with Gasteiger partial charge in [0.2, 0.25) is 0 Å². The van der Waals surface area contributed by atoms with Gasteiger partial charge in [0.15, 0.2) is 0 Å². The minimum atomic E-state index is -0.256. The van der Waals surface area contributed by atoms with E-state index in [0.29, 0.717) is 12.5 Å². The lowest BCUT2D eigenvalue weighted by atomic mass is 9.78. The standard InChI is InChI=1S/C13H24N2O2/c1-10-4-3-6-13(8-10,9-14)17-11-5-7-15(2)12(11)16/h10-11H,3-9,14H2,1-2H3. The van der Waals surface area contributed by atoms with Crippen LogP contribution in [0.25, 0.3) is 0 Å². The number of amides is 1. The molecule has 0 bridgehead atoms. The number of hydrogen-bond acceptors (Lipinski definition) is 3. The first-order valence-corrected chi connectivity index (χ1v) is 6.69. The fraction of sp³-hybridized carbons (Fsp3) is 0.923. The van der Waals surface area contributed by atoms with Crippen LogP contribution in [0.3, 0.4) is 0 Å². The SMILES string of the molecule is CC1CCCC(CN)(OC2CCN(C)C2=O)C1. The molecular formula is C13H24N2O2. The van der Waals surface area contributed by atoms with Gasteiger partial charge in [0.25, 0.3) is 5.91 Å². The van der Waals surface area contributed by atoms with Crippen LogP contribution in [0.5, 0.6) is 0 Å². The lowest BCUT2D eigenvalue weighted by molar-refractivity contribution is -0.154. The lowest BCUT2D eigenvalue weighted by Gasteiger charge is -2.40. The van der Waals surface area contributed by atoms with Gasteiger partial charge in [0.1, 0.15) is 6.10 Å². The van der Waals surface area contributed by atoms with Crippen LogP contribution < -0.4 is 5.73 Å². The summed E-state index contributed by atoms with van der Waals surface area (Å²) in [7, 11) is 1.84. The van der Waals surface area contributed by atoms with E-state index < -0.39 is 0 Å². The maximum atomic E-state index is 11.9. The summed E-state index contributed by atoms with van der Waals surface area (Å²) in [4.78, 5) is 13.6. The quantitative estimate of drug-likeness (QED) is 0.805.